The molecule has 0 saturated heterocycles. The molecule has 4 nitrogen and oxygen atoms in total. The molecule has 1 aromatic carbocycles. The van der Waals surface area contributed by atoms with Crippen LogP contribution in [0.15, 0.2) is 36.5 Å². The molecular weight excluding hydrogens is 286 g/mol. The second-order valence-electron chi connectivity index (χ2n) is 6.63. The molecule has 1 aromatic heterocycles. The molecule has 0 spiro atoms. The number of fused-ring (bicyclic) bond motifs is 1. The van der Waals surface area contributed by atoms with Gasteiger partial charge in [0.1, 0.15) is 5.82 Å². The molecule has 0 radical (unpaired) electrons. The maximum atomic E-state index is 12.6. The van der Waals surface area contributed by atoms with Gasteiger partial charge in [0.25, 0.3) is 0 Å². The zero-order chi connectivity index (χ0) is 15.8. The van der Waals surface area contributed by atoms with E-state index in [9.17, 15) is 4.79 Å². The number of hydrogen-bond acceptors (Lipinski definition) is 3. The van der Waals surface area contributed by atoms with Crippen molar-refractivity contribution in [1.82, 2.24) is 15.3 Å². The summed E-state index contributed by atoms with van der Waals surface area (Å²) in [5.41, 5.74) is 3.48. The standard InChI is InChI=1S/C19H21N3O/c1-12-20-11-16-17(21-12)8-5-9-18(16)22-19(23)15-10-14(15)13-6-3-2-4-7-13/h2-4,6-7,11,14-15,18H,5,8-10H2,1H3,(H,22,23)/t14-,15-,18+/m1/s1. The Hall–Kier alpha value is -2.23. The number of amides is 1. The van der Waals surface area contributed by atoms with E-state index in [0.29, 0.717) is 5.92 Å². The summed E-state index contributed by atoms with van der Waals surface area (Å²) in [6.07, 6.45) is 5.89. The van der Waals surface area contributed by atoms with Gasteiger partial charge in [-0.05, 0) is 44.1 Å². The summed E-state index contributed by atoms with van der Waals surface area (Å²) in [6.45, 7) is 1.91. The predicted molar refractivity (Wildman–Crippen MR) is 87.9 cm³/mol. The number of rotatable bonds is 3. The Morgan fingerprint density at radius 2 is 2.09 bits per heavy atom. The molecule has 23 heavy (non-hydrogen) atoms. The summed E-state index contributed by atoms with van der Waals surface area (Å²) in [5, 5.41) is 3.24. The molecule has 0 bridgehead atoms. The molecule has 0 aliphatic heterocycles. The number of nitrogens with one attached hydrogen (secondary N) is 1. The maximum Gasteiger partial charge on any atom is 0.224 e. The van der Waals surface area contributed by atoms with E-state index < -0.39 is 0 Å². The number of carbonyl (C=O) groups excluding carboxylic acids is 1. The molecule has 1 fully saturated rings. The highest BCUT2D eigenvalue weighted by Crippen LogP contribution is 2.47. The Labute approximate surface area is 136 Å². The number of benzene rings is 1. The summed E-state index contributed by atoms with van der Waals surface area (Å²) in [7, 11) is 0. The lowest BCUT2D eigenvalue weighted by atomic mass is 9.92. The van der Waals surface area contributed by atoms with E-state index in [1.165, 1.54) is 5.56 Å². The van der Waals surface area contributed by atoms with Crippen molar-refractivity contribution in [3.63, 3.8) is 0 Å². The number of carbonyl (C=O) groups is 1. The lowest BCUT2D eigenvalue weighted by Gasteiger charge is -2.25. The molecule has 3 atom stereocenters. The molecule has 118 valence electrons. The average molecular weight is 307 g/mol. The van der Waals surface area contributed by atoms with Crippen LogP contribution >= 0.6 is 0 Å². The van der Waals surface area contributed by atoms with Crippen molar-refractivity contribution in [3.8, 4) is 0 Å². The van der Waals surface area contributed by atoms with Gasteiger partial charge in [0.05, 0.1) is 6.04 Å². The van der Waals surface area contributed by atoms with Crippen molar-refractivity contribution in [3.05, 3.63) is 59.2 Å². The average Bonchev–Trinajstić information content (AvgIpc) is 3.36. The van der Waals surface area contributed by atoms with Gasteiger partial charge in [-0.2, -0.15) is 0 Å². The molecule has 1 heterocycles. The maximum absolute atomic E-state index is 12.6. The first kappa shape index (κ1) is 14.4. The summed E-state index contributed by atoms with van der Waals surface area (Å²) in [5.74, 6) is 1.49. The normalized spacial score (nSPS) is 25.5. The monoisotopic (exact) mass is 307 g/mol. The quantitative estimate of drug-likeness (QED) is 0.948. The highest BCUT2D eigenvalue weighted by atomic mass is 16.2. The number of hydrogen-bond donors (Lipinski definition) is 1. The van der Waals surface area contributed by atoms with Crippen LogP contribution in [0.4, 0.5) is 0 Å². The van der Waals surface area contributed by atoms with Crippen molar-refractivity contribution >= 4 is 5.91 Å². The van der Waals surface area contributed by atoms with E-state index >= 15 is 0 Å². The van der Waals surface area contributed by atoms with Gasteiger partial charge >= 0.3 is 0 Å². The van der Waals surface area contributed by atoms with Gasteiger partial charge in [0.15, 0.2) is 0 Å². The van der Waals surface area contributed by atoms with Gasteiger partial charge in [-0.3, -0.25) is 4.79 Å². The third-order valence-electron chi connectivity index (χ3n) is 4.97. The van der Waals surface area contributed by atoms with Gasteiger partial charge < -0.3 is 5.32 Å². The Morgan fingerprint density at radius 1 is 1.26 bits per heavy atom. The number of nitrogens with zero attached hydrogens (tertiary/aromatic N) is 2. The zero-order valence-electron chi connectivity index (χ0n) is 13.3. The van der Waals surface area contributed by atoms with Crippen LogP contribution in [0.2, 0.25) is 0 Å². The van der Waals surface area contributed by atoms with E-state index in [1.54, 1.807) is 0 Å². The fourth-order valence-electron chi connectivity index (χ4n) is 3.63. The highest BCUT2D eigenvalue weighted by Gasteiger charge is 2.44. The molecule has 1 amide bonds. The minimum Gasteiger partial charge on any atom is -0.349 e. The first-order valence-electron chi connectivity index (χ1n) is 8.40. The van der Waals surface area contributed by atoms with Crippen LogP contribution in [-0.2, 0) is 11.2 Å². The van der Waals surface area contributed by atoms with Crippen molar-refractivity contribution in [2.45, 2.75) is 44.6 Å². The lowest BCUT2D eigenvalue weighted by Crippen LogP contribution is -2.32. The van der Waals surface area contributed by atoms with Gasteiger partial charge in [-0.15, -0.1) is 0 Å². The van der Waals surface area contributed by atoms with E-state index in [-0.39, 0.29) is 17.9 Å². The van der Waals surface area contributed by atoms with Gasteiger partial charge in [0, 0.05) is 23.4 Å². The number of aryl methyl sites for hydroxylation is 2. The first-order valence-corrected chi connectivity index (χ1v) is 8.40. The van der Waals surface area contributed by atoms with Crippen LogP contribution in [-0.4, -0.2) is 15.9 Å². The van der Waals surface area contributed by atoms with Crippen molar-refractivity contribution in [1.29, 1.82) is 0 Å². The summed E-state index contributed by atoms with van der Waals surface area (Å²) in [6, 6.07) is 10.4. The second-order valence-corrected chi connectivity index (χ2v) is 6.63. The second kappa shape index (κ2) is 5.76. The van der Waals surface area contributed by atoms with Crippen LogP contribution in [0.5, 0.6) is 0 Å². The summed E-state index contributed by atoms with van der Waals surface area (Å²) < 4.78 is 0. The molecule has 4 heteroatoms. The molecule has 2 aromatic rings. The lowest BCUT2D eigenvalue weighted by molar-refractivity contribution is -0.123. The van der Waals surface area contributed by atoms with E-state index in [1.807, 2.05) is 31.3 Å². The first-order chi connectivity index (χ1) is 11.2. The molecule has 0 unspecified atom stereocenters. The van der Waals surface area contributed by atoms with Crippen molar-refractivity contribution in [2.75, 3.05) is 0 Å². The van der Waals surface area contributed by atoms with Crippen molar-refractivity contribution in [2.24, 2.45) is 5.92 Å². The van der Waals surface area contributed by atoms with Gasteiger partial charge in [-0.25, -0.2) is 9.97 Å². The van der Waals surface area contributed by atoms with Crippen LogP contribution in [0, 0.1) is 12.8 Å². The minimum absolute atomic E-state index is 0.0730. The van der Waals surface area contributed by atoms with Crippen LogP contribution in [0.3, 0.4) is 0 Å². The van der Waals surface area contributed by atoms with Gasteiger partial charge in [-0.1, -0.05) is 30.3 Å². The Balaban J connectivity index is 1.45. The Morgan fingerprint density at radius 3 is 2.91 bits per heavy atom. The Bertz CT molecular complexity index is 729. The molecule has 4 rings (SSSR count). The molecule has 2 aliphatic carbocycles. The van der Waals surface area contributed by atoms with Crippen LogP contribution < -0.4 is 5.32 Å². The van der Waals surface area contributed by atoms with Crippen LogP contribution in [0.1, 0.15) is 53.9 Å². The minimum atomic E-state index is 0.0730. The summed E-state index contributed by atoms with van der Waals surface area (Å²) in [4.78, 5) is 21.4. The fourth-order valence-corrected chi connectivity index (χ4v) is 3.63. The molecule has 1 N–H and O–H groups in total. The number of aromatic nitrogens is 2. The van der Waals surface area contributed by atoms with Crippen LogP contribution in [0.25, 0.3) is 0 Å². The highest BCUT2D eigenvalue weighted by molar-refractivity contribution is 5.83. The molecule has 1 saturated carbocycles. The Kier molecular flexibility index (Phi) is 3.60. The smallest absolute Gasteiger partial charge is 0.224 e. The van der Waals surface area contributed by atoms with Gasteiger partial charge in [0.2, 0.25) is 5.91 Å². The third kappa shape index (κ3) is 2.85. The fraction of sp³-hybridized carbons (Fsp3) is 0.421. The molecular formula is C19H21N3O. The van der Waals surface area contributed by atoms with E-state index in [0.717, 1.165) is 42.8 Å². The largest absolute Gasteiger partial charge is 0.349 e. The van der Waals surface area contributed by atoms with Crippen molar-refractivity contribution < 1.29 is 4.79 Å². The summed E-state index contributed by atoms with van der Waals surface area (Å²) >= 11 is 0. The topological polar surface area (TPSA) is 54.9 Å². The SMILES string of the molecule is Cc1ncc2c(n1)CCC[C@@H]2NC(=O)[C@@H]1C[C@@H]1c1ccccc1. The van der Waals surface area contributed by atoms with E-state index in [4.69, 9.17) is 0 Å². The van der Waals surface area contributed by atoms with E-state index in [2.05, 4.69) is 27.4 Å². The third-order valence-corrected chi connectivity index (χ3v) is 4.97. The predicted octanol–water partition coefficient (Wildman–Crippen LogP) is 3.08. The molecule has 2 aliphatic rings. The zero-order valence-corrected chi connectivity index (χ0v) is 13.3.